The largest absolute Gasteiger partial charge is 0.476 e. The molecule has 219 valence electrons. The normalized spacial score (nSPS) is 14.1. The van der Waals surface area contributed by atoms with Gasteiger partial charge in [-0.15, -0.1) is 23.8 Å². The van der Waals surface area contributed by atoms with Crippen LogP contribution in [-0.2, 0) is 25.5 Å². The van der Waals surface area contributed by atoms with Crippen LogP contribution in [0.25, 0.3) is 22.2 Å². The van der Waals surface area contributed by atoms with Gasteiger partial charge in [0.25, 0.3) is 0 Å². The average molecular weight is 747 g/mol. The number of fused-ring (bicyclic) bond motifs is 3. The Morgan fingerprint density at radius 2 is 1.40 bits per heavy atom. The standard InChI is InChI=1S/C22H16NO2.C15H16O2.Ir/c1-22(2)16-7-3-4-8-18(16)25-19-9-5-6-15(20(19)22)21-14-11-13-24-17(14)10-12-23-21;16-14(12-7-3-1-4-8-12)11-15(17)13-9-5-2-6-10-13;/h3-5,7-13H,1-2H3;1-10,14-17H,11H2;/q-1;;. The Balaban J connectivity index is 0.000000180. The fourth-order valence-corrected chi connectivity index (χ4v) is 5.62. The zero-order chi connectivity index (χ0) is 29.1. The van der Waals surface area contributed by atoms with E-state index in [0.29, 0.717) is 6.42 Å². The van der Waals surface area contributed by atoms with E-state index >= 15 is 0 Å². The summed E-state index contributed by atoms with van der Waals surface area (Å²) in [5.41, 5.74) is 6.39. The molecule has 2 unspecified atom stereocenters. The Morgan fingerprint density at radius 1 is 0.767 bits per heavy atom. The molecule has 0 saturated carbocycles. The molecule has 1 aliphatic heterocycles. The van der Waals surface area contributed by atoms with Crippen molar-refractivity contribution in [3.63, 3.8) is 0 Å². The van der Waals surface area contributed by atoms with Gasteiger partial charge in [0.1, 0.15) is 11.3 Å². The average Bonchev–Trinajstić information content (AvgIpc) is 3.51. The van der Waals surface area contributed by atoms with Crippen molar-refractivity contribution in [3.05, 3.63) is 150 Å². The first-order valence-corrected chi connectivity index (χ1v) is 14.0. The van der Waals surface area contributed by atoms with Crippen LogP contribution in [0.4, 0.5) is 0 Å². The Bertz CT molecular complexity index is 1760. The molecule has 43 heavy (non-hydrogen) atoms. The molecule has 1 radical (unpaired) electrons. The molecule has 1 aliphatic rings. The van der Waals surface area contributed by atoms with E-state index in [1.807, 2.05) is 97.1 Å². The molecule has 2 aromatic heterocycles. The smallest absolute Gasteiger partial charge is 0.128 e. The molecular formula is C37H32IrNO4-. The van der Waals surface area contributed by atoms with E-state index < -0.39 is 12.2 Å². The number of aromatic nitrogens is 1. The van der Waals surface area contributed by atoms with Gasteiger partial charge < -0.3 is 24.4 Å². The molecule has 0 saturated heterocycles. The van der Waals surface area contributed by atoms with Crippen molar-refractivity contribution in [1.82, 2.24) is 4.98 Å². The van der Waals surface area contributed by atoms with Gasteiger partial charge in [0.2, 0.25) is 0 Å². The van der Waals surface area contributed by atoms with Gasteiger partial charge >= 0.3 is 0 Å². The number of rotatable bonds is 5. The molecule has 5 nitrogen and oxygen atoms in total. The minimum absolute atomic E-state index is 0. The summed E-state index contributed by atoms with van der Waals surface area (Å²) in [5, 5.41) is 21.0. The number of pyridine rings is 1. The first-order chi connectivity index (χ1) is 20.4. The van der Waals surface area contributed by atoms with Gasteiger partial charge in [-0.1, -0.05) is 98.3 Å². The van der Waals surface area contributed by atoms with Gasteiger partial charge in [-0.05, 0) is 46.0 Å². The van der Waals surface area contributed by atoms with E-state index in [1.165, 1.54) is 5.56 Å². The third-order valence-electron chi connectivity index (χ3n) is 7.80. The minimum atomic E-state index is -0.633. The number of hydrogen-bond donors (Lipinski definition) is 2. The van der Waals surface area contributed by atoms with Crippen molar-refractivity contribution in [3.8, 4) is 22.8 Å². The van der Waals surface area contributed by atoms with Crippen molar-refractivity contribution in [1.29, 1.82) is 0 Å². The number of hydrogen-bond acceptors (Lipinski definition) is 5. The molecule has 2 N–H and O–H groups in total. The molecule has 3 heterocycles. The number of aliphatic hydroxyl groups is 2. The molecule has 6 heteroatoms. The summed E-state index contributed by atoms with van der Waals surface area (Å²) in [4.78, 5) is 4.63. The number of para-hydroxylation sites is 1. The Kier molecular flexibility index (Phi) is 9.24. The van der Waals surface area contributed by atoms with Crippen LogP contribution in [0.5, 0.6) is 11.5 Å². The van der Waals surface area contributed by atoms with Crippen LogP contribution in [0.15, 0.2) is 126 Å². The molecule has 0 spiro atoms. The second kappa shape index (κ2) is 13.1. The fourth-order valence-electron chi connectivity index (χ4n) is 5.62. The molecule has 6 aromatic rings. The first-order valence-electron chi connectivity index (χ1n) is 14.0. The van der Waals surface area contributed by atoms with Crippen LogP contribution in [0.1, 0.15) is 54.7 Å². The van der Waals surface area contributed by atoms with Gasteiger partial charge in [0.05, 0.1) is 24.2 Å². The summed E-state index contributed by atoms with van der Waals surface area (Å²) < 4.78 is 11.7. The zero-order valence-electron chi connectivity index (χ0n) is 23.9. The number of aliphatic hydroxyl groups excluding tert-OH is 2. The summed E-state index contributed by atoms with van der Waals surface area (Å²) in [7, 11) is 0. The van der Waals surface area contributed by atoms with Crippen molar-refractivity contribution in [2.75, 3.05) is 0 Å². The van der Waals surface area contributed by atoms with E-state index in [9.17, 15) is 10.2 Å². The maximum Gasteiger partial charge on any atom is 0.128 e. The molecular weight excluding hydrogens is 715 g/mol. The summed E-state index contributed by atoms with van der Waals surface area (Å²) in [6.07, 6.45) is 2.52. The number of benzene rings is 4. The van der Waals surface area contributed by atoms with Crippen molar-refractivity contribution in [2.45, 2.75) is 37.9 Å². The minimum Gasteiger partial charge on any atom is -0.476 e. The van der Waals surface area contributed by atoms with E-state index in [0.717, 1.165) is 50.4 Å². The van der Waals surface area contributed by atoms with Gasteiger partial charge in [-0.3, -0.25) is 0 Å². The Labute approximate surface area is 265 Å². The van der Waals surface area contributed by atoms with Crippen LogP contribution in [0.3, 0.4) is 0 Å². The summed E-state index contributed by atoms with van der Waals surface area (Å²) in [6, 6.07) is 38.1. The second-order valence-electron chi connectivity index (χ2n) is 10.9. The second-order valence-corrected chi connectivity index (χ2v) is 10.9. The van der Waals surface area contributed by atoms with E-state index in [1.54, 1.807) is 12.5 Å². The molecule has 4 aromatic carbocycles. The number of furan rings is 1. The van der Waals surface area contributed by atoms with E-state index in [2.05, 4.69) is 37.0 Å². The Hall–Kier alpha value is -4.06. The van der Waals surface area contributed by atoms with Gasteiger partial charge in [0.15, 0.2) is 0 Å². The third kappa shape index (κ3) is 6.20. The van der Waals surface area contributed by atoms with E-state index in [4.69, 9.17) is 9.15 Å². The predicted molar refractivity (Wildman–Crippen MR) is 164 cm³/mol. The van der Waals surface area contributed by atoms with E-state index in [-0.39, 0.29) is 25.5 Å². The predicted octanol–water partition coefficient (Wildman–Crippen LogP) is 8.57. The first kappa shape index (κ1) is 30.4. The maximum absolute atomic E-state index is 9.99. The summed E-state index contributed by atoms with van der Waals surface area (Å²) in [5.74, 6) is 1.77. The van der Waals surface area contributed by atoms with Crippen LogP contribution in [-0.4, -0.2) is 15.2 Å². The molecule has 2 atom stereocenters. The Morgan fingerprint density at radius 3 is 2.07 bits per heavy atom. The molecule has 0 bridgehead atoms. The van der Waals surface area contributed by atoms with Crippen molar-refractivity contribution < 1.29 is 39.5 Å². The maximum atomic E-state index is 9.99. The molecule has 0 amide bonds. The topological polar surface area (TPSA) is 75.7 Å². The van der Waals surface area contributed by atoms with Crippen LogP contribution >= 0.6 is 0 Å². The van der Waals surface area contributed by atoms with Gasteiger partial charge in [-0.25, -0.2) is 0 Å². The molecule has 7 rings (SSSR count). The SMILES string of the molecule is CC1(C)c2ccccc2Oc2cc[c-]c(-c3nccc4occc34)c21.OC(CC(O)c1ccccc1)c1ccccc1.[Ir]. The number of ether oxygens (including phenoxy) is 1. The van der Waals surface area contributed by atoms with Gasteiger partial charge in [-0.2, -0.15) is 0 Å². The quantitative estimate of drug-likeness (QED) is 0.173. The summed E-state index contributed by atoms with van der Waals surface area (Å²) >= 11 is 0. The molecule has 0 fully saturated rings. The van der Waals surface area contributed by atoms with Crippen LogP contribution in [0, 0.1) is 6.07 Å². The zero-order valence-corrected chi connectivity index (χ0v) is 26.3. The number of nitrogens with zero attached hydrogens (tertiary/aromatic N) is 1. The fraction of sp³-hybridized carbons (Fsp3) is 0.162. The summed E-state index contributed by atoms with van der Waals surface area (Å²) in [6.45, 7) is 4.44. The molecule has 0 aliphatic carbocycles. The monoisotopic (exact) mass is 747 g/mol. The van der Waals surface area contributed by atoms with Crippen LogP contribution < -0.4 is 4.74 Å². The third-order valence-corrected chi connectivity index (χ3v) is 7.80. The van der Waals surface area contributed by atoms with Crippen molar-refractivity contribution in [2.24, 2.45) is 0 Å². The van der Waals surface area contributed by atoms with Crippen molar-refractivity contribution >= 4 is 11.0 Å². The van der Waals surface area contributed by atoms with Crippen LogP contribution in [0.2, 0.25) is 0 Å². The van der Waals surface area contributed by atoms with Gasteiger partial charge in [0, 0.05) is 38.1 Å².